The summed E-state index contributed by atoms with van der Waals surface area (Å²) >= 11 is 0. The molecule has 2 rings (SSSR count). The molecule has 0 radical (unpaired) electrons. The van der Waals surface area contributed by atoms with Crippen LogP contribution in [-0.4, -0.2) is 41.7 Å². The Morgan fingerprint density at radius 3 is 3.00 bits per heavy atom. The van der Waals surface area contributed by atoms with Crippen LogP contribution in [0.4, 0.5) is 10.1 Å². The molecule has 5 nitrogen and oxygen atoms in total. The Bertz CT molecular complexity index is 540. The van der Waals surface area contributed by atoms with E-state index in [1.54, 1.807) is 4.90 Å². The average Bonchev–Trinajstić information content (AvgIpc) is 2.45. The van der Waals surface area contributed by atoms with E-state index in [2.05, 4.69) is 5.32 Å². The van der Waals surface area contributed by atoms with Gasteiger partial charge in [0.25, 0.3) is 0 Å². The van der Waals surface area contributed by atoms with Crippen molar-refractivity contribution in [2.75, 3.05) is 25.0 Å². The number of halogens is 1. The third kappa shape index (κ3) is 3.06. The molecule has 0 aliphatic carbocycles. The number of nitrogens with one attached hydrogen (secondary N) is 1. The maximum atomic E-state index is 13.8. The minimum absolute atomic E-state index is 0.0797. The molecule has 106 valence electrons. The topological polar surface area (TPSA) is 76.4 Å². The van der Waals surface area contributed by atoms with Gasteiger partial charge in [0.15, 0.2) is 0 Å². The van der Waals surface area contributed by atoms with Crippen LogP contribution in [0.3, 0.4) is 0 Å². The van der Waals surface area contributed by atoms with E-state index in [0.717, 1.165) is 12.5 Å². The van der Waals surface area contributed by atoms with Crippen LogP contribution in [-0.2, 0) is 4.79 Å². The highest BCUT2D eigenvalue weighted by Crippen LogP contribution is 2.20. The fraction of sp³-hybridized carbons (Fsp3) is 0.429. The molecule has 1 heterocycles. The van der Waals surface area contributed by atoms with Gasteiger partial charge in [-0.3, -0.25) is 4.79 Å². The Hall–Kier alpha value is -2.13. The number of carbonyl (C=O) groups is 1. The van der Waals surface area contributed by atoms with Crippen LogP contribution in [0.25, 0.3) is 0 Å². The van der Waals surface area contributed by atoms with Crippen molar-refractivity contribution in [3.05, 3.63) is 29.6 Å². The van der Waals surface area contributed by atoms with E-state index in [4.69, 9.17) is 10.4 Å². The molecular formula is C14H16FN3O2. The number of likely N-dealkylation sites (tertiary alicyclic amines) is 1. The molecule has 1 aromatic carbocycles. The summed E-state index contributed by atoms with van der Waals surface area (Å²) in [6, 6.07) is 5.48. The number of amides is 1. The zero-order valence-electron chi connectivity index (χ0n) is 11.0. The minimum atomic E-state index is -0.545. The standard InChI is InChI=1S/C14H16FN3O2/c15-11-8-10(9-16)3-4-12(11)17-13-2-1-5-18(6-7-19)14(13)20/h3-4,8,13,17,19H,1-2,5-7H2/t13-/m0/s1. The zero-order chi connectivity index (χ0) is 14.5. The lowest BCUT2D eigenvalue weighted by atomic mass is 10.0. The lowest BCUT2D eigenvalue weighted by Crippen LogP contribution is -2.48. The second kappa shape index (κ2) is 6.35. The van der Waals surface area contributed by atoms with Crippen molar-refractivity contribution in [2.45, 2.75) is 18.9 Å². The van der Waals surface area contributed by atoms with Crippen molar-refractivity contribution in [3.63, 3.8) is 0 Å². The quantitative estimate of drug-likeness (QED) is 0.864. The van der Waals surface area contributed by atoms with Gasteiger partial charge in [-0.15, -0.1) is 0 Å². The van der Waals surface area contributed by atoms with Gasteiger partial charge in [0.2, 0.25) is 5.91 Å². The number of aliphatic hydroxyl groups excluding tert-OH is 1. The van der Waals surface area contributed by atoms with Crippen LogP contribution in [0, 0.1) is 17.1 Å². The summed E-state index contributed by atoms with van der Waals surface area (Å²) in [5, 5.41) is 20.5. The number of β-amino-alcohol motifs (C(OH)–C–C–N with tert-alkyl or cyclic N) is 1. The predicted molar refractivity (Wildman–Crippen MR) is 71.4 cm³/mol. The Labute approximate surface area is 116 Å². The van der Waals surface area contributed by atoms with Crippen molar-refractivity contribution >= 4 is 11.6 Å². The molecule has 20 heavy (non-hydrogen) atoms. The number of aliphatic hydroxyl groups is 1. The third-order valence-electron chi connectivity index (χ3n) is 3.33. The number of benzene rings is 1. The molecule has 1 atom stereocenters. The average molecular weight is 277 g/mol. The van der Waals surface area contributed by atoms with Gasteiger partial charge >= 0.3 is 0 Å². The molecule has 2 N–H and O–H groups in total. The fourth-order valence-corrected chi connectivity index (χ4v) is 2.31. The van der Waals surface area contributed by atoms with Crippen LogP contribution in [0.1, 0.15) is 18.4 Å². The largest absolute Gasteiger partial charge is 0.395 e. The maximum Gasteiger partial charge on any atom is 0.245 e. The van der Waals surface area contributed by atoms with Crippen LogP contribution >= 0.6 is 0 Å². The first kappa shape index (κ1) is 14.3. The third-order valence-corrected chi connectivity index (χ3v) is 3.33. The van der Waals surface area contributed by atoms with Crippen molar-refractivity contribution in [3.8, 4) is 6.07 Å². The summed E-state index contributed by atoms with van der Waals surface area (Å²) in [6.45, 7) is 0.837. The van der Waals surface area contributed by atoms with Crippen LogP contribution in [0.5, 0.6) is 0 Å². The number of piperidine rings is 1. The molecule has 1 amide bonds. The normalized spacial score (nSPS) is 18.8. The van der Waals surface area contributed by atoms with E-state index in [1.165, 1.54) is 12.1 Å². The molecule has 0 aromatic heterocycles. The molecule has 0 spiro atoms. The number of carbonyl (C=O) groups excluding carboxylic acids is 1. The number of anilines is 1. The Morgan fingerprint density at radius 1 is 1.55 bits per heavy atom. The van der Waals surface area contributed by atoms with Gasteiger partial charge in [-0.2, -0.15) is 5.26 Å². The highest BCUT2D eigenvalue weighted by atomic mass is 19.1. The monoisotopic (exact) mass is 277 g/mol. The molecule has 1 aromatic rings. The van der Waals surface area contributed by atoms with E-state index in [-0.39, 0.29) is 23.8 Å². The Kier molecular flexibility index (Phi) is 4.53. The molecule has 1 aliphatic rings. The second-order valence-electron chi connectivity index (χ2n) is 4.69. The van der Waals surface area contributed by atoms with E-state index in [1.807, 2.05) is 6.07 Å². The van der Waals surface area contributed by atoms with Gasteiger partial charge in [-0.05, 0) is 31.0 Å². The van der Waals surface area contributed by atoms with E-state index < -0.39 is 11.9 Å². The van der Waals surface area contributed by atoms with Gasteiger partial charge in [0.1, 0.15) is 11.9 Å². The second-order valence-corrected chi connectivity index (χ2v) is 4.69. The van der Waals surface area contributed by atoms with Gasteiger partial charge < -0.3 is 15.3 Å². The fourth-order valence-electron chi connectivity index (χ4n) is 2.31. The van der Waals surface area contributed by atoms with Gasteiger partial charge in [-0.1, -0.05) is 0 Å². The summed E-state index contributed by atoms with van der Waals surface area (Å²) in [4.78, 5) is 13.7. The van der Waals surface area contributed by atoms with Crippen molar-refractivity contribution < 1.29 is 14.3 Å². The molecule has 6 heteroatoms. The molecule has 1 saturated heterocycles. The van der Waals surface area contributed by atoms with E-state index >= 15 is 0 Å². The molecule has 0 saturated carbocycles. The summed E-state index contributed by atoms with van der Waals surface area (Å²) < 4.78 is 13.8. The maximum absolute atomic E-state index is 13.8. The van der Waals surface area contributed by atoms with Crippen molar-refractivity contribution in [1.29, 1.82) is 5.26 Å². The molecule has 1 aliphatic heterocycles. The summed E-state index contributed by atoms with van der Waals surface area (Å²) in [7, 11) is 0. The van der Waals surface area contributed by atoms with Crippen LogP contribution in [0.2, 0.25) is 0 Å². The number of hydrogen-bond donors (Lipinski definition) is 2. The first-order chi connectivity index (χ1) is 9.65. The highest BCUT2D eigenvalue weighted by Gasteiger charge is 2.28. The number of rotatable bonds is 4. The summed E-state index contributed by atoms with van der Waals surface area (Å²) in [6.07, 6.45) is 1.43. The SMILES string of the molecule is N#Cc1ccc(N[C@H]2CCCN(CCO)C2=O)c(F)c1. The lowest BCUT2D eigenvalue weighted by molar-refractivity contribution is -0.134. The summed E-state index contributed by atoms with van der Waals surface area (Å²) in [5.41, 5.74) is 0.457. The van der Waals surface area contributed by atoms with Gasteiger partial charge in [0.05, 0.1) is 23.9 Å². The molecule has 1 fully saturated rings. The number of nitrogens with zero attached hydrogens (tertiary/aromatic N) is 2. The highest BCUT2D eigenvalue weighted by molar-refractivity contribution is 5.85. The Balaban J connectivity index is 2.09. The van der Waals surface area contributed by atoms with Crippen LogP contribution < -0.4 is 5.32 Å². The van der Waals surface area contributed by atoms with Gasteiger partial charge in [-0.25, -0.2) is 4.39 Å². The smallest absolute Gasteiger partial charge is 0.245 e. The van der Waals surface area contributed by atoms with Crippen molar-refractivity contribution in [2.24, 2.45) is 0 Å². The predicted octanol–water partition coefficient (Wildman–Crippen LogP) is 1.09. The lowest BCUT2D eigenvalue weighted by Gasteiger charge is -2.32. The van der Waals surface area contributed by atoms with Gasteiger partial charge in [0, 0.05) is 13.1 Å². The molecular weight excluding hydrogens is 261 g/mol. The Morgan fingerprint density at radius 2 is 2.35 bits per heavy atom. The first-order valence-electron chi connectivity index (χ1n) is 6.51. The number of hydrogen-bond acceptors (Lipinski definition) is 4. The van der Waals surface area contributed by atoms with Crippen molar-refractivity contribution in [1.82, 2.24) is 4.90 Å². The van der Waals surface area contributed by atoms with Crippen LogP contribution in [0.15, 0.2) is 18.2 Å². The van der Waals surface area contributed by atoms with E-state index in [9.17, 15) is 9.18 Å². The molecule has 0 bridgehead atoms. The number of nitriles is 1. The zero-order valence-corrected chi connectivity index (χ0v) is 11.0. The first-order valence-corrected chi connectivity index (χ1v) is 6.51. The van der Waals surface area contributed by atoms with E-state index in [0.29, 0.717) is 19.5 Å². The minimum Gasteiger partial charge on any atom is -0.395 e. The molecule has 0 unspecified atom stereocenters. The summed E-state index contributed by atoms with van der Waals surface area (Å²) in [5.74, 6) is -0.676.